The minimum atomic E-state index is -4.58. The normalized spacial score (nSPS) is 21.5. The molecule has 2 unspecified atom stereocenters. The van der Waals surface area contributed by atoms with Crippen molar-refractivity contribution in [1.82, 2.24) is 29.2 Å². The zero-order valence-electron chi connectivity index (χ0n) is 26.8. The van der Waals surface area contributed by atoms with E-state index < -0.39 is 34.0 Å². The number of fused-ring (bicyclic) bond motifs is 1. The number of thioether (sulfide) groups is 1. The van der Waals surface area contributed by atoms with Crippen molar-refractivity contribution in [2.75, 3.05) is 57.8 Å². The summed E-state index contributed by atoms with van der Waals surface area (Å²) in [5, 5.41) is 18.8. The molecule has 1 amide bonds. The largest absolute Gasteiger partial charge is 0.417 e. The number of carbonyl (C=O) groups excluding carboxylic acids is 1. The predicted octanol–water partition coefficient (Wildman–Crippen LogP) is 3.37. The molecule has 2 N–H and O–H groups in total. The highest BCUT2D eigenvalue weighted by atomic mass is 32.2. The smallest absolute Gasteiger partial charge is 0.390 e. The number of halogens is 4. The van der Waals surface area contributed by atoms with E-state index in [-0.39, 0.29) is 43.0 Å². The van der Waals surface area contributed by atoms with Gasteiger partial charge in [-0.15, -0.1) is 11.8 Å². The van der Waals surface area contributed by atoms with Gasteiger partial charge in [0.05, 0.1) is 30.2 Å². The zero-order chi connectivity index (χ0) is 33.9. The van der Waals surface area contributed by atoms with Gasteiger partial charge in [0.2, 0.25) is 15.9 Å². The number of hydrogen-bond acceptors (Lipinski definition) is 8. The number of aromatic nitrogens is 2. The van der Waals surface area contributed by atoms with Crippen LogP contribution in [-0.4, -0.2) is 119 Å². The number of rotatable bonds is 11. The number of nitrogens with zero attached hydrogens (tertiary/aromatic N) is 5. The summed E-state index contributed by atoms with van der Waals surface area (Å²) in [5.74, 6) is 0.284. The number of piperidine rings is 2. The number of benzene rings is 1. The fourth-order valence-corrected chi connectivity index (χ4v) is 8.65. The average molecular weight is 705 g/mol. The summed E-state index contributed by atoms with van der Waals surface area (Å²) in [6.07, 6.45) is -2.05. The number of hydrogen-bond donors (Lipinski definition) is 2. The summed E-state index contributed by atoms with van der Waals surface area (Å²) >= 11 is 1.07. The van der Waals surface area contributed by atoms with Crippen LogP contribution in [0.1, 0.15) is 49.4 Å². The first-order chi connectivity index (χ1) is 22.2. The van der Waals surface area contributed by atoms with Gasteiger partial charge in [-0.1, -0.05) is 6.07 Å². The first-order valence-electron chi connectivity index (χ1n) is 16.1. The van der Waals surface area contributed by atoms with E-state index in [1.807, 2.05) is 4.90 Å². The third-order valence-corrected chi connectivity index (χ3v) is 11.4. The summed E-state index contributed by atoms with van der Waals surface area (Å²) in [6.45, 7) is 5.17. The summed E-state index contributed by atoms with van der Waals surface area (Å²) < 4.78 is 84.0. The standard InChI is InChI=1S/C31H44F4N6O4S2/c1-21(42)36-24-7-11-39(12-8-24)18-25(43)19-41-28-9-13-40(47(2,44)45)20-26(28)30(37-41)22-5-6-27(31(33,34)35)29(16-22)46-15-14-38-10-3-4-23(32)17-38/h5-6,16,23-25,43H,3-4,7-15,17-20H2,1-2H3,(H,36,42). The maximum atomic E-state index is 14.1. The lowest BCUT2D eigenvalue weighted by atomic mass is 10.0. The van der Waals surface area contributed by atoms with Gasteiger partial charge < -0.3 is 15.3 Å². The molecular formula is C31H44F4N6O4S2. The Morgan fingerprint density at radius 3 is 2.53 bits per heavy atom. The molecule has 3 aliphatic rings. The quantitative estimate of drug-likeness (QED) is 0.271. The lowest BCUT2D eigenvalue weighted by Crippen LogP contribution is -2.46. The van der Waals surface area contributed by atoms with Gasteiger partial charge in [0.25, 0.3) is 0 Å². The number of amides is 1. The SMILES string of the molecule is CC(=O)NC1CCN(CC(O)Cn2nc(-c3ccc(C(F)(F)F)c(SCCN4CCCC(F)C4)c3)c3c2CCN(S(C)(=O)=O)C3)CC1. The molecule has 1 aromatic carbocycles. The highest BCUT2D eigenvalue weighted by Gasteiger charge is 2.35. The van der Waals surface area contributed by atoms with Crippen LogP contribution in [0.25, 0.3) is 11.3 Å². The molecule has 2 saturated heterocycles. The minimum Gasteiger partial charge on any atom is -0.390 e. The second-order valence-corrected chi connectivity index (χ2v) is 15.9. The van der Waals surface area contributed by atoms with E-state index in [0.29, 0.717) is 61.6 Å². The van der Waals surface area contributed by atoms with Crippen molar-refractivity contribution in [2.24, 2.45) is 0 Å². The number of nitrogens with one attached hydrogen (secondary N) is 1. The molecule has 2 aromatic rings. The van der Waals surface area contributed by atoms with Crippen molar-refractivity contribution in [3.05, 3.63) is 35.0 Å². The third kappa shape index (κ3) is 9.47. The highest BCUT2D eigenvalue weighted by molar-refractivity contribution is 7.99. The van der Waals surface area contributed by atoms with Gasteiger partial charge in [0.1, 0.15) is 6.17 Å². The van der Waals surface area contributed by atoms with E-state index in [2.05, 4.69) is 10.2 Å². The molecule has 0 aliphatic carbocycles. The monoisotopic (exact) mass is 704 g/mol. The Morgan fingerprint density at radius 2 is 1.87 bits per heavy atom. The fraction of sp³-hybridized carbons (Fsp3) is 0.677. The molecule has 4 heterocycles. The Morgan fingerprint density at radius 1 is 1.13 bits per heavy atom. The molecule has 47 heavy (non-hydrogen) atoms. The van der Waals surface area contributed by atoms with Gasteiger partial charge in [-0.2, -0.15) is 22.6 Å². The molecule has 3 aliphatic heterocycles. The van der Waals surface area contributed by atoms with E-state index in [1.165, 1.54) is 23.4 Å². The van der Waals surface area contributed by atoms with E-state index in [9.17, 15) is 35.9 Å². The topological polar surface area (TPSA) is 111 Å². The van der Waals surface area contributed by atoms with Crippen LogP contribution in [0.2, 0.25) is 0 Å². The average Bonchev–Trinajstić information content (AvgIpc) is 3.34. The van der Waals surface area contributed by atoms with Crippen LogP contribution in [0.15, 0.2) is 23.1 Å². The lowest BCUT2D eigenvalue weighted by molar-refractivity contribution is -0.139. The molecule has 5 rings (SSSR count). The fourth-order valence-electron chi connectivity index (χ4n) is 6.74. The van der Waals surface area contributed by atoms with Crippen molar-refractivity contribution in [3.8, 4) is 11.3 Å². The van der Waals surface area contributed by atoms with Crippen LogP contribution in [0.4, 0.5) is 17.6 Å². The highest BCUT2D eigenvalue weighted by Crippen LogP contribution is 2.40. The Hall–Kier alpha value is -2.24. The maximum absolute atomic E-state index is 14.1. The molecule has 0 radical (unpaired) electrons. The van der Waals surface area contributed by atoms with E-state index in [4.69, 9.17) is 5.10 Å². The molecule has 2 fully saturated rings. The number of β-amino-alcohol motifs (C(OH)–C–C–N with tert-alkyl or cyclic N) is 1. The van der Waals surface area contributed by atoms with E-state index in [0.717, 1.165) is 55.6 Å². The summed E-state index contributed by atoms with van der Waals surface area (Å²) in [4.78, 5) is 15.5. The Kier molecular flexibility index (Phi) is 11.6. The van der Waals surface area contributed by atoms with Crippen LogP contribution in [-0.2, 0) is 40.5 Å². The van der Waals surface area contributed by atoms with Crippen molar-refractivity contribution < 1.29 is 35.9 Å². The molecular weight excluding hydrogens is 661 g/mol. The molecule has 0 saturated carbocycles. The predicted molar refractivity (Wildman–Crippen MR) is 172 cm³/mol. The Labute approximate surface area is 277 Å². The Bertz CT molecular complexity index is 1510. The van der Waals surface area contributed by atoms with Gasteiger partial charge in [-0.3, -0.25) is 14.4 Å². The second-order valence-electron chi connectivity index (χ2n) is 12.8. The van der Waals surface area contributed by atoms with Crippen LogP contribution in [0, 0.1) is 0 Å². The number of sulfonamides is 1. The minimum absolute atomic E-state index is 0.0269. The zero-order valence-corrected chi connectivity index (χ0v) is 28.4. The molecule has 16 heteroatoms. The number of likely N-dealkylation sites (tertiary alicyclic amines) is 2. The summed E-state index contributed by atoms with van der Waals surface area (Å²) in [5.41, 5.74) is 1.43. The van der Waals surface area contributed by atoms with E-state index in [1.54, 1.807) is 4.68 Å². The Balaban J connectivity index is 1.37. The van der Waals surface area contributed by atoms with Crippen LogP contribution < -0.4 is 5.32 Å². The molecule has 1 aromatic heterocycles. The summed E-state index contributed by atoms with van der Waals surface area (Å²) in [7, 11) is -3.54. The third-order valence-electron chi connectivity index (χ3n) is 9.09. The van der Waals surface area contributed by atoms with Crippen molar-refractivity contribution in [3.63, 3.8) is 0 Å². The van der Waals surface area contributed by atoms with Crippen LogP contribution >= 0.6 is 11.8 Å². The van der Waals surface area contributed by atoms with Crippen LogP contribution in [0.3, 0.4) is 0 Å². The van der Waals surface area contributed by atoms with Gasteiger partial charge in [-0.25, -0.2) is 12.8 Å². The molecule has 0 bridgehead atoms. The molecule has 10 nitrogen and oxygen atoms in total. The van der Waals surface area contributed by atoms with E-state index >= 15 is 0 Å². The van der Waals surface area contributed by atoms with Gasteiger partial charge >= 0.3 is 6.18 Å². The molecule has 2 atom stereocenters. The maximum Gasteiger partial charge on any atom is 0.417 e. The van der Waals surface area contributed by atoms with Gasteiger partial charge in [0, 0.05) is 92.7 Å². The van der Waals surface area contributed by atoms with Crippen molar-refractivity contribution >= 4 is 27.7 Å². The first kappa shape index (κ1) is 36.1. The number of aliphatic hydroxyl groups is 1. The summed E-state index contributed by atoms with van der Waals surface area (Å²) in [6, 6.07) is 3.98. The lowest BCUT2D eigenvalue weighted by Gasteiger charge is -2.33. The van der Waals surface area contributed by atoms with Crippen LogP contribution in [0.5, 0.6) is 0 Å². The second kappa shape index (κ2) is 15.1. The number of alkyl halides is 4. The van der Waals surface area contributed by atoms with Crippen molar-refractivity contribution in [1.29, 1.82) is 0 Å². The molecule has 262 valence electrons. The van der Waals surface area contributed by atoms with Gasteiger partial charge in [0.15, 0.2) is 0 Å². The number of aliphatic hydroxyl groups excluding tert-OH is 1. The molecule has 0 spiro atoms. The number of carbonyl (C=O) groups is 1. The van der Waals surface area contributed by atoms with Gasteiger partial charge in [-0.05, 0) is 44.4 Å². The van der Waals surface area contributed by atoms with Crippen molar-refractivity contribution in [2.45, 2.75) is 81.5 Å². The first-order valence-corrected chi connectivity index (χ1v) is 18.9.